The Morgan fingerprint density at radius 3 is 2.21 bits per heavy atom. The van der Waals surface area contributed by atoms with Gasteiger partial charge >= 0.3 is 6.18 Å². The third-order valence-electron chi connectivity index (χ3n) is 1.75. The van der Waals surface area contributed by atoms with Gasteiger partial charge in [0.1, 0.15) is 0 Å². The Labute approximate surface area is 94.6 Å². The van der Waals surface area contributed by atoms with Gasteiger partial charge in [-0.25, -0.2) is 0 Å². The fourth-order valence-corrected chi connectivity index (χ4v) is 2.20. The van der Waals surface area contributed by atoms with Crippen molar-refractivity contribution in [2.24, 2.45) is 0 Å². The highest BCUT2D eigenvalue weighted by Crippen LogP contribution is 2.27. The highest BCUT2D eigenvalue weighted by atomic mass is 127. The number of rotatable bonds is 3. The fourth-order valence-electron chi connectivity index (χ4n) is 1.19. The number of benzene rings is 1. The first-order valence-corrected chi connectivity index (χ1v) is 5.47. The van der Waals surface area contributed by atoms with Crippen LogP contribution in [0.3, 0.4) is 0 Å². The van der Waals surface area contributed by atoms with Gasteiger partial charge in [-0.1, -0.05) is 52.9 Å². The number of alkyl halides is 4. The summed E-state index contributed by atoms with van der Waals surface area (Å²) in [6.07, 6.45) is -4.30. The van der Waals surface area contributed by atoms with Crippen LogP contribution < -0.4 is 0 Å². The molecule has 4 heteroatoms. The van der Waals surface area contributed by atoms with Crippen molar-refractivity contribution in [1.29, 1.82) is 0 Å². The maximum Gasteiger partial charge on any atom is 0.390 e. The van der Waals surface area contributed by atoms with Gasteiger partial charge in [-0.3, -0.25) is 0 Å². The summed E-state index contributed by atoms with van der Waals surface area (Å²) in [7, 11) is 0. The van der Waals surface area contributed by atoms with Gasteiger partial charge < -0.3 is 0 Å². The smallest absolute Gasteiger partial charge is 0.171 e. The summed E-state index contributed by atoms with van der Waals surface area (Å²) in [6.45, 7) is 0. The average Bonchev–Trinajstić information content (AvgIpc) is 2.02. The molecule has 0 heterocycles. The first-order chi connectivity index (χ1) is 6.47. The molecule has 0 aromatic heterocycles. The van der Waals surface area contributed by atoms with Crippen LogP contribution in [0.5, 0.6) is 0 Å². The summed E-state index contributed by atoms with van der Waals surface area (Å²) in [6, 6.07) is 9.23. The van der Waals surface area contributed by atoms with Gasteiger partial charge in [-0.15, -0.1) is 0 Å². The van der Waals surface area contributed by atoms with Crippen LogP contribution in [0.15, 0.2) is 30.3 Å². The van der Waals surface area contributed by atoms with Crippen LogP contribution in [0.25, 0.3) is 0 Å². The highest BCUT2D eigenvalue weighted by Gasteiger charge is 2.30. The van der Waals surface area contributed by atoms with Crippen LogP contribution in [-0.2, 0) is 6.42 Å². The minimum atomic E-state index is -4.05. The topological polar surface area (TPSA) is 0 Å². The van der Waals surface area contributed by atoms with Crippen LogP contribution in [0.1, 0.15) is 12.0 Å². The lowest BCUT2D eigenvalue weighted by atomic mass is 10.1. The Kier molecular flexibility index (Phi) is 4.22. The first-order valence-electron chi connectivity index (χ1n) is 4.22. The van der Waals surface area contributed by atoms with Gasteiger partial charge in [0.15, 0.2) is 0 Å². The van der Waals surface area contributed by atoms with Crippen molar-refractivity contribution in [3.8, 4) is 0 Å². The molecule has 1 atom stereocenters. The molecule has 0 fully saturated rings. The zero-order valence-corrected chi connectivity index (χ0v) is 9.55. The summed E-state index contributed by atoms with van der Waals surface area (Å²) in [5.41, 5.74) is 0.955. The van der Waals surface area contributed by atoms with Crippen molar-refractivity contribution < 1.29 is 13.2 Å². The summed E-state index contributed by atoms with van der Waals surface area (Å²) in [5.74, 6) is 0. The standard InChI is InChI=1S/C10H10F3I/c11-10(12,13)7-9(14)6-8-4-2-1-3-5-8/h1-5,9H,6-7H2/t9-/m0/s1. The quantitative estimate of drug-likeness (QED) is 0.585. The molecule has 0 amide bonds. The molecule has 0 nitrogen and oxygen atoms in total. The van der Waals surface area contributed by atoms with E-state index in [1.165, 1.54) is 0 Å². The molecular formula is C10H10F3I. The minimum Gasteiger partial charge on any atom is -0.171 e. The van der Waals surface area contributed by atoms with E-state index in [4.69, 9.17) is 0 Å². The minimum absolute atomic E-state index is 0.380. The van der Waals surface area contributed by atoms with E-state index in [1.54, 1.807) is 0 Å². The van der Waals surface area contributed by atoms with Crippen molar-refractivity contribution in [2.75, 3.05) is 0 Å². The molecular weight excluding hydrogens is 304 g/mol. The zero-order chi connectivity index (χ0) is 10.6. The van der Waals surface area contributed by atoms with E-state index < -0.39 is 12.6 Å². The molecule has 0 aliphatic rings. The Balaban J connectivity index is 2.46. The predicted octanol–water partition coefficient (Wildman–Crippen LogP) is 3.99. The van der Waals surface area contributed by atoms with Crippen LogP contribution in [0.4, 0.5) is 13.2 Å². The molecule has 1 aromatic carbocycles. The van der Waals surface area contributed by atoms with Crippen molar-refractivity contribution in [3.63, 3.8) is 0 Å². The SMILES string of the molecule is FC(F)(F)C[C@@H](I)Cc1ccccc1. The molecule has 0 aliphatic heterocycles. The predicted molar refractivity (Wildman–Crippen MR) is 58.6 cm³/mol. The third kappa shape index (κ3) is 4.83. The first kappa shape index (κ1) is 11.8. The Hall–Kier alpha value is -0.260. The lowest BCUT2D eigenvalue weighted by Gasteiger charge is -2.12. The molecule has 1 aromatic rings. The van der Waals surface area contributed by atoms with Crippen molar-refractivity contribution in [3.05, 3.63) is 35.9 Å². The molecule has 14 heavy (non-hydrogen) atoms. The molecule has 0 saturated heterocycles. The van der Waals surface area contributed by atoms with Crippen LogP contribution >= 0.6 is 22.6 Å². The highest BCUT2D eigenvalue weighted by molar-refractivity contribution is 14.1. The summed E-state index contributed by atoms with van der Waals surface area (Å²) in [4.78, 5) is 0. The number of hydrogen-bond donors (Lipinski definition) is 0. The summed E-state index contributed by atoms with van der Waals surface area (Å²) in [5, 5.41) is 0. The number of hydrogen-bond acceptors (Lipinski definition) is 0. The lowest BCUT2D eigenvalue weighted by molar-refractivity contribution is -0.133. The molecule has 0 aliphatic carbocycles. The molecule has 0 saturated carbocycles. The summed E-state index contributed by atoms with van der Waals surface area (Å²) < 4.78 is 35.6. The molecule has 0 unspecified atom stereocenters. The van der Waals surface area contributed by atoms with Gasteiger partial charge in [0, 0.05) is 3.92 Å². The van der Waals surface area contributed by atoms with Crippen molar-refractivity contribution in [1.82, 2.24) is 0 Å². The molecule has 0 N–H and O–H groups in total. The van der Waals surface area contributed by atoms with Gasteiger partial charge in [0.2, 0.25) is 0 Å². The van der Waals surface area contributed by atoms with Crippen LogP contribution in [0.2, 0.25) is 0 Å². The lowest BCUT2D eigenvalue weighted by Crippen LogP contribution is -2.16. The third-order valence-corrected chi connectivity index (χ3v) is 2.63. The molecule has 0 spiro atoms. The van der Waals surface area contributed by atoms with Gasteiger partial charge in [0.25, 0.3) is 0 Å². The number of halogens is 4. The van der Waals surface area contributed by atoms with E-state index in [-0.39, 0.29) is 3.92 Å². The maximum atomic E-state index is 12.0. The second kappa shape index (κ2) is 5.00. The van der Waals surface area contributed by atoms with Crippen molar-refractivity contribution in [2.45, 2.75) is 22.9 Å². The van der Waals surface area contributed by atoms with Crippen LogP contribution in [0, 0.1) is 0 Å². The van der Waals surface area contributed by atoms with Gasteiger partial charge in [-0.2, -0.15) is 13.2 Å². The Morgan fingerprint density at radius 1 is 1.14 bits per heavy atom. The monoisotopic (exact) mass is 314 g/mol. The Morgan fingerprint density at radius 2 is 1.71 bits per heavy atom. The van der Waals surface area contributed by atoms with E-state index in [2.05, 4.69) is 0 Å². The maximum absolute atomic E-state index is 12.0. The second-order valence-corrected chi connectivity index (χ2v) is 4.87. The molecule has 78 valence electrons. The van der Waals surface area contributed by atoms with Gasteiger partial charge in [0.05, 0.1) is 6.42 Å². The largest absolute Gasteiger partial charge is 0.390 e. The van der Waals surface area contributed by atoms with Crippen molar-refractivity contribution >= 4 is 22.6 Å². The zero-order valence-electron chi connectivity index (χ0n) is 7.39. The van der Waals surface area contributed by atoms with Crippen LogP contribution in [-0.4, -0.2) is 10.1 Å². The van der Waals surface area contributed by atoms with E-state index >= 15 is 0 Å². The van der Waals surface area contributed by atoms with Gasteiger partial charge in [-0.05, 0) is 12.0 Å². The van der Waals surface area contributed by atoms with E-state index in [1.807, 2.05) is 52.9 Å². The fraction of sp³-hybridized carbons (Fsp3) is 0.400. The molecule has 0 bridgehead atoms. The Bertz CT molecular complexity index is 268. The van der Waals surface area contributed by atoms with E-state index in [0.29, 0.717) is 6.42 Å². The second-order valence-electron chi connectivity index (χ2n) is 3.11. The normalized spacial score (nSPS) is 14.0. The molecule has 0 radical (unpaired) electrons. The average molecular weight is 314 g/mol. The summed E-state index contributed by atoms with van der Waals surface area (Å²) >= 11 is 1.85. The van der Waals surface area contributed by atoms with E-state index in [9.17, 15) is 13.2 Å². The van der Waals surface area contributed by atoms with E-state index in [0.717, 1.165) is 5.56 Å². The molecule has 1 rings (SSSR count).